The first-order valence-corrected chi connectivity index (χ1v) is 16.3. The van der Waals surface area contributed by atoms with Crippen LogP contribution in [0.15, 0.2) is 96.3 Å². The number of methoxy groups -OCH3 is 1. The highest BCUT2D eigenvalue weighted by Gasteiger charge is 2.71. The fourth-order valence-corrected chi connectivity index (χ4v) is 8.83. The van der Waals surface area contributed by atoms with Gasteiger partial charge in [0.1, 0.15) is 11.5 Å². The third-order valence-electron chi connectivity index (χ3n) is 10.9. The Kier molecular flexibility index (Phi) is 6.99. The number of fused-ring (bicyclic) bond motifs is 5. The first-order valence-electron chi connectivity index (χ1n) is 16.3. The van der Waals surface area contributed by atoms with E-state index in [1.54, 1.807) is 30.5 Å². The van der Waals surface area contributed by atoms with Crippen molar-refractivity contribution < 1.29 is 38.6 Å². The van der Waals surface area contributed by atoms with E-state index in [9.17, 15) is 24.3 Å². The summed E-state index contributed by atoms with van der Waals surface area (Å²) >= 11 is 0. The number of carbonyl (C=O) groups is 5. The number of aromatic hydroxyl groups is 1. The predicted molar refractivity (Wildman–Crippen MR) is 174 cm³/mol. The van der Waals surface area contributed by atoms with Gasteiger partial charge in [-0.25, -0.2) is 4.79 Å². The van der Waals surface area contributed by atoms with Crippen molar-refractivity contribution in [2.75, 3.05) is 12.5 Å². The fourth-order valence-electron chi connectivity index (χ4n) is 8.83. The van der Waals surface area contributed by atoms with Gasteiger partial charge in [-0.2, -0.15) is 9.91 Å². The van der Waals surface area contributed by atoms with Crippen LogP contribution >= 0.6 is 0 Å². The lowest BCUT2D eigenvalue weighted by Crippen LogP contribution is -2.55. The van der Waals surface area contributed by atoms with Crippen molar-refractivity contribution >= 4 is 35.4 Å². The van der Waals surface area contributed by atoms with Crippen LogP contribution in [0.4, 0.5) is 10.5 Å². The topological polar surface area (TPSA) is 143 Å². The molecule has 11 nitrogen and oxygen atoms in total. The zero-order valence-corrected chi connectivity index (χ0v) is 26.8. The summed E-state index contributed by atoms with van der Waals surface area (Å²) in [4.78, 5) is 70.5. The van der Waals surface area contributed by atoms with Crippen LogP contribution in [0.2, 0.25) is 0 Å². The Balaban J connectivity index is 1.32. The Morgan fingerprint density at radius 2 is 1.71 bits per heavy atom. The Labute approximate surface area is 281 Å². The molecule has 3 aliphatic heterocycles. The average molecular weight is 660 g/mol. The van der Waals surface area contributed by atoms with E-state index < -0.39 is 64.7 Å². The van der Waals surface area contributed by atoms with E-state index in [0.717, 1.165) is 23.3 Å². The molecule has 6 unspecified atom stereocenters. The summed E-state index contributed by atoms with van der Waals surface area (Å²) in [5, 5.41) is 11.4. The van der Waals surface area contributed by atoms with Crippen molar-refractivity contribution in [3.8, 4) is 11.5 Å². The summed E-state index contributed by atoms with van der Waals surface area (Å²) in [5.41, 5.74) is 5.94. The molecule has 5 amide bonds. The largest absolute Gasteiger partial charge is 0.508 e. The van der Waals surface area contributed by atoms with E-state index in [1.807, 2.05) is 55.5 Å². The molecule has 8 rings (SSSR count). The SMILES string of the molecule is COC(=O)N1C(=O)C2CC=C3C(CC4C(=O)N(Nc5ccc(C)cc5)C(=O)C4(c4ccccc4)C3C3=COc4ccc(O)cc4C3)C2C1=O. The quantitative estimate of drug-likeness (QED) is 0.298. The molecule has 3 heterocycles. The molecule has 248 valence electrons. The van der Waals surface area contributed by atoms with Gasteiger partial charge in [0.2, 0.25) is 11.8 Å². The summed E-state index contributed by atoms with van der Waals surface area (Å²) in [5.74, 6) is -5.70. The number of hydrazine groups is 1. The lowest BCUT2D eigenvalue weighted by atomic mass is 9.48. The van der Waals surface area contributed by atoms with Gasteiger partial charge >= 0.3 is 6.09 Å². The zero-order valence-electron chi connectivity index (χ0n) is 26.8. The van der Waals surface area contributed by atoms with Crippen LogP contribution in [0.25, 0.3) is 0 Å². The van der Waals surface area contributed by atoms with Gasteiger partial charge in [-0.05, 0) is 67.2 Å². The fraction of sp³-hybridized carbons (Fsp3) is 0.289. The molecule has 3 fully saturated rings. The number of ether oxygens (including phenoxy) is 2. The number of imide groups is 4. The van der Waals surface area contributed by atoms with E-state index in [0.29, 0.717) is 39.5 Å². The number of hydrogen-bond acceptors (Lipinski definition) is 9. The second-order valence-electron chi connectivity index (χ2n) is 13.4. The van der Waals surface area contributed by atoms with E-state index in [1.165, 1.54) is 6.07 Å². The smallest absolute Gasteiger partial charge is 0.423 e. The van der Waals surface area contributed by atoms with Crippen LogP contribution in [0, 0.1) is 36.5 Å². The summed E-state index contributed by atoms with van der Waals surface area (Å²) in [6, 6.07) is 21.4. The molecule has 3 aromatic rings. The third-order valence-corrected chi connectivity index (χ3v) is 10.9. The number of phenolic OH excluding ortho intramolecular Hbond substituents is 1. The highest BCUT2D eigenvalue weighted by Crippen LogP contribution is 2.63. The summed E-state index contributed by atoms with van der Waals surface area (Å²) in [6.45, 7) is 1.94. The highest BCUT2D eigenvalue weighted by atomic mass is 16.5. The number of anilines is 1. The minimum Gasteiger partial charge on any atom is -0.508 e. The van der Waals surface area contributed by atoms with E-state index in [4.69, 9.17) is 9.47 Å². The number of aryl methyl sites for hydroxylation is 1. The molecule has 2 saturated heterocycles. The van der Waals surface area contributed by atoms with Crippen LogP contribution in [0.3, 0.4) is 0 Å². The molecule has 2 N–H and O–H groups in total. The number of hydrogen-bond donors (Lipinski definition) is 2. The number of likely N-dealkylation sites (tertiary alicyclic amines) is 1. The number of nitrogens with zero attached hydrogens (tertiary/aromatic N) is 2. The van der Waals surface area contributed by atoms with Gasteiger partial charge in [0.05, 0.1) is 42.2 Å². The number of phenols is 1. The van der Waals surface area contributed by atoms with Gasteiger partial charge in [-0.15, -0.1) is 0 Å². The maximum absolute atomic E-state index is 15.2. The molecule has 0 radical (unpaired) electrons. The number of carbonyl (C=O) groups excluding carboxylic acids is 5. The Bertz CT molecular complexity index is 2000. The molecular formula is C38H33N3O8. The molecule has 3 aromatic carbocycles. The van der Waals surface area contributed by atoms with Crippen molar-refractivity contribution in [1.29, 1.82) is 0 Å². The van der Waals surface area contributed by atoms with Crippen LogP contribution in [0.1, 0.15) is 29.5 Å². The van der Waals surface area contributed by atoms with Crippen LogP contribution < -0.4 is 10.2 Å². The third kappa shape index (κ3) is 4.37. The number of benzene rings is 3. The molecule has 0 aromatic heterocycles. The lowest BCUT2D eigenvalue weighted by molar-refractivity contribution is -0.140. The molecule has 49 heavy (non-hydrogen) atoms. The predicted octanol–water partition coefficient (Wildman–Crippen LogP) is 4.80. The van der Waals surface area contributed by atoms with E-state index in [-0.39, 0.29) is 18.6 Å². The van der Waals surface area contributed by atoms with Gasteiger partial charge in [-0.1, -0.05) is 59.7 Å². The van der Waals surface area contributed by atoms with Gasteiger partial charge in [0, 0.05) is 17.9 Å². The van der Waals surface area contributed by atoms with Crippen LogP contribution in [-0.4, -0.2) is 51.8 Å². The molecule has 0 spiro atoms. The highest BCUT2D eigenvalue weighted by molar-refractivity contribution is 6.16. The Morgan fingerprint density at radius 3 is 2.45 bits per heavy atom. The monoisotopic (exact) mass is 659 g/mol. The maximum Gasteiger partial charge on any atom is 0.423 e. The minimum atomic E-state index is -1.46. The van der Waals surface area contributed by atoms with Crippen molar-refractivity contribution in [2.45, 2.75) is 31.6 Å². The first kappa shape index (κ1) is 30.6. The molecule has 6 atom stereocenters. The Morgan fingerprint density at radius 1 is 0.959 bits per heavy atom. The number of allylic oxidation sites excluding steroid dienone is 3. The second-order valence-corrected chi connectivity index (χ2v) is 13.4. The van der Waals surface area contributed by atoms with Crippen molar-refractivity contribution in [1.82, 2.24) is 9.91 Å². The van der Waals surface area contributed by atoms with Crippen molar-refractivity contribution in [2.24, 2.45) is 29.6 Å². The normalized spacial score (nSPS) is 28.5. The molecule has 0 bridgehead atoms. The van der Waals surface area contributed by atoms with Crippen LogP contribution in [-0.2, 0) is 35.8 Å². The van der Waals surface area contributed by atoms with Gasteiger partial charge in [-0.3, -0.25) is 24.6 Å². The van der Waals surface area contributed by atoms with E-state index in [2.05, 4.69) is 5.43 Å². The maximum atomic E-state index is 15.2. The number of amides is 5. The average Bonchev–Trinajstić information content (AvgIpc) is 3.49. The molecule has 5 aliphatic rings. The molecular weight excluding hydrogens is 626 g/mol. The number of rotatable bonds is 4. The summed E-state index contributed by atoms with van der Waals surface area (Å²) < 4.78 is 10.9. The van der Waals surface area contributed by atoms with Gasteiger partial charge < -0.3 is 14.6 Å². The standard InChI is InChI=1S/C38H33N3O8/c1-20-8-10-24(11-9-20)39-41-34(44)29-18-28-26(13-14-27-31(28)35(45)40(33(27)43)37(47)48-2)32(38(29,36(41)46)23-6-4-3-5-7-23)22-16-21-17-25(42)12-15-30(21)49-19-22/h3-13,15,17,19,27-29,31-32,39,42H,14,16,18H2,1-2H3. The minimum absolute atomic E-state index is 0.0547. The zero-order chi connectivity index (χ0) is 34.2. The van der Waals surface area contributed by atoms with Crippen molar-refractivity contribution in [3.63, 3.8) is 0 Å². The molecule has 2 aliphatic carbocycles. The van der Waals surface area contributed by atoms with Gasteiger partial charge in [0.15, 0.2) is 0 Å². The first-order chi connectivity index (χ1) is 23.6. The molecule has 11 heteroatoms. The van der Waals surface area contributed by atoms with Gasteiger partial charge in [0.25, 0.3) is 11.8 Å². The van der Waals surface area contributed by atoms with Crippen molar-refractivity contribution in [3.05, 3.63) is 113 Å². The lowest BCUT2D eigenvalue weighted by Gasteiger charge is -2.51. The van der Waals surface area contributed by atoms with Crippen LogP contribution in [0.5, 0.6) is 11.5 Å². The summed E-state index contributed by atoms with van der Waals surface area (Å²) in [6.07, 6.45) is 3.03. The Hall–Kier alpha value is -5.71. The summed E-state index contributed by atoms with van der Waals surface area (Å²) in [7, 11) is 1.11. The van der Waals surface area contributed by atoms with E-state index >= 15 is 4.79 Å². The molecule has 1 saturated carbocycles. The number of nitrogens with one attached hydrogen (secondary N) is 1. The second kappa shape index (κ2) is 11.2.